The van der Waals surface area contributed by atoms with Crippen LogP contribution in [-0.2, 0) is 6.54 Å². The Morgan fingerprint density at radius 1 is 1.38 bits per heavy atom. The summed E-state index contributed by atoms with van der Waals surface area (Å²) in [5, 5.41) is 7.09. The van der Waals surface area contributed by atoms with E-state index in [0.717, 1.165) is 18.5 Å². The van der Waals surface area contributed by atoms with Crippen molar-refractivity contribution in [1.82, 2.24) is 19.3 Å². The molecule has 0 spiro atoms. The number of hydrogen-bond donors (Lipinski definition) is 1. The number of H-pyrrole nitrogens is 1. The lowest BCUT2D eigenvalue weighted by molar-refractivity contribution is 0.527. The summed E-state index contributed by atoms with van der Waals surface area (Å²) >= 11 is 5.30. The standard InChI is InChI=1S/C15H22N4OS/c1-5-9-18-11(4)7-8-12(14(18)20)13-16-17-15(21)19(13)10(3)6-2/h7-8,10H,5-6,9H2,1-4H3,(H,17,21). The minimum absolute atomic E-state index is 0.00426. The summed E-state index contributed by atoms with van der Waals surface area (Å²) in [6.45, 7) is 8.90. The van der Waals surface area contributed by atoms with E-state index in [4.69, 9.17) is 12.2 Å². The number of aromatic nitrogens is 4. The second-order valence-electron chi connectivity index (χ2n) is 5.32. The molecule has 0 fully saturated rings. The van der Waals surface area contributed by atoms with Crippen molar-refractivity contribution in [2.45, 2.75) is 53.1 Å². The molecular weight excluding hydrogens is 284 g/mol. The van der Waals surface area contributed by atoms with Crippen LogP contribution in [0.1, 0.15) is 45.3 Å². The molecule has 0 aromatic carbocycles. The van der Waals surface area contributed by atoms with Crippen LogP contribution in [0.4, 0.5) is 0 Å². The SMILES string of the molecule is CCCn1c(C)ccc(-c2n[nH]c(=S)n2C(C)CC)c1=O. The number of nitrogens with zero attached hydrogens (tertiary/aromatic N) is 3. The summed E-state index contributed by atoms with van der Waals surface area (Å²) in [7, 11) is 0. The molecule has 1 N–H and O–H groups in total. The quantitative estimate of drug-likeness (QED) is 0.861. The molecule has 0 saturated heterocycles. The monoisotopic (exact) mass is 306 g/mol. The minimum atomic E-state index is -0.00426. The van der Waals surface area contributed by atoms with Gasteiger partial charge in [-0.1, -0.05) is 13.8 Å². The molecule has 1 unspecified atom stereocenters. The topological polar surface area (TPSA) is 55.6 Å². The van der Waals surface area contributed by atoms with Gasteiger partial charge in [0.05, 0.1) is 5.56 Å². The number of aromatic amines is 1. The largest absolute Gasteiger partial charge is 0.312 e. The first kappa shape index (κ1) is 15.7. The van der Waals surface area contributed by atoms with Crippen molar-refractivity contribution in [3.63, 3.8) is 0 Å². The zero-order chi connectivity index (χ0) is 15.6. The van der Waals surface area contributed by atoms with Gasteiger partial charge in [0.2, 0.25) is 0 Å². The van der Waals surface area contributed by atoms with Crippen molar-refractivity contribution in [2.24, 2.45) is 0 Å². The van der Waals surface area contributed by atoms with E-state index in [1.165, 1.54) is 0 Å². The Labute approximate surface area is 129 Å². The molecule has 0 aliphatic carbocycles. The maximum absolute atomic E-state index is 12.7. The average molecular weight is 306 g/mol. The Hall–Kier alpha value is -1.69. The summed E-state index contributed by atoms with van der Waals surface area (Å²) in [4.78, 5) is 12.7. The van der Waals surface area contributed by atoms with E-state index in [1.807, 2.05) is 23.6 Å². The fourth-order valence-corrected chi connectivity index (χ4v) is 2.74. The highest BCUT2D eigenvalue weighted by molar-refractivity contribution is 7.71. The van der Waals surface area contributed by atoms with E-state index in [-0.39, 0.29) is 11.6 Å². The van der Waals surface area contributed by atoms with Crippen molar-refractivity contribution in [3.8, 4) is 11.4 Å². The molecule has 0 aliphatic heterocycles. The van der Waals surface area contributed by atoms with Gasteiger partial charge in [0, 0.05) is 18.3 Å². The third kappa shape index (κ3) is 2.85. The van der Waals surface area contributed by atoms with E-state index in [0.29, 0.717) is 22.7 Å². The Morgan fingerprint density at radius 2 is 2.10 bits per heavy atom. The van der Waals surface area contributed by atoms with Crippen LogP contribution in [0.3, 0.4) is 0 Å². The normalized spacial score (nSPS) is 12.6. The fourth-order valence-electron chi connectivity index (χ4n) is 2.43. The smallest absolute Gasteiger partial charge is 0.261 e. The lowest BCUT2D eigenvalue weighted by Gasteiger charge is -2.15. The van der Waals surface area contributed by atoms with E-state index < -0.39 is 0 Å². The van der Waals surface area contributed by atoms with Crippen LogP contribution < -0.4 is 5.56 Å². The first-order valence-electron chi connectivity index (χ1n) is 7.38. The van der Waals surface area contributed by atoms with Gasteiger partial charge in [-0.15, -0.1) is 0 Å². The minimum Gasteiger partial charge on any atom is -0.312 e. The number of aryl methyl sites for hydroxylation is 1. The molecule has 114 valence electrons. The lowest BCUT2D eigenvalue weighted by Crippen LogP contribution is -2.24. The van der Waals surface area contributed by atoms with Crippen molar-refractivity contribution in [3.05, 3.63) is 33.0 Å². The third-order valence-electron chi connectivity index (χ3n) is 3.82. The van der Waals surface area contributed by atoms with Crippen LogP contribution in [0.5, 0.6) is 0 Å². The Balaban J connectivity index is 2.66. The molecule has 2 heterocycles. The van der Waals surface area contributed by atoms with Crippen LogP contribution in [0.15, 0.2) is 16.9 Å². The zero-order valence-corrected chi connectivity index (χ0v) is 13.8. The predicted octanol–water partition coefficient (Wildman–Crippen LogP) is 3.46. The fraction of sp³-hybridized carbons (Fsp3) is 0.533. The Bertz CT molecular complexity index is 741. The molecule has 2 aromatic heterocycles. The van der Waals surface area contributed by atoms with E-state index >= 15 is 0 Å². The van der Waals surface area contributed by atoms with Crippen LogP contribution in [-0.4, -0.2) is 19.3 Å². The van der Waals surface area contributed by atoms with Gasteiger partial charge in [-0.05, 0) is 51.0 Å². The maximum Gasteiger partial charge on any atom is 0.261 e. The first-order valence-corrected chi connectivity index (χ1v) is 7.79. The zero-order valence-electron chi connectivity index (χ0n) is 13.0. The summed E-state index contributed by atoms with van der Waals surface area (Å²) in [6.07, 6.45) is 1.85. The highest BCUT2D eigenvalue weighted by atomic mass is 32.1. The highest BCUT2D eigenvalue weighted by Crippen LogP contribution is 2.20. The van der Waals surface area contributed by atoms with Gasteiger partial charge in [-0.2, -0.15) is 5.10 Å². The maximum atomic E-state index is 12.7. The molecule has 0 radical (unpaired) electrons. The number of pyridine rings is 1. The number of hydrogen-bond acceptors (Lipinski definition) is 3. The van der Waals surface area contributed by atoms with Crippen LogP contribution in [0.2, 0.25) is 0 Å². The Morgan fingerprint density at radius 3 is 2.71 bits per heavy atom. The number of rotatable bonds is 5. The van der Waals surface area contributed by atoms with Crippen LogP contribution >= 0.6 is 12.2 Å². The van der Waals surface area contributed by atoms with Crippen molar-refractivity contribution < 1.29 is 0 Å². The van der Waals surface area contributed by atoms with Crippen molar-refractivity contribution >= 4 is 12.2 Å². The third-order valence-corrected chi connectivity index (χ3v) is 4.10. The predicted molar refractivity (Wildman–Crippen MR) is 87.1 cm³/mol. The van der Waals surface area contributed by atoms with Gasteiger partial charge in [0.1, 0.15) is 0 Å². The molecule has 0 saturated carbocycles. The molecule has 2 aromatic rings. The summed E-state index contributed by atoms with van der Waals surface area (Å²) < 4.78 is 4.28. The van der Waals surface area contributed by atoms with Crippen molar-refractivity contribution in [1.29, 1.82) is 0 Å². The summed E-state index contributed by atoms with van der Waals surface area (Å²) in [5.74, 6) is 0.629. The Kier molecular flexibility index (Phi) is 4.77. The molecule has 0 amide bonds. The van der Waals surface area contributed by atoms with Crippen LogP contribution in [0, 0.1) is 11.7 Å². The van der Waals surface area contributed by atoms with Gasteiger partial charge in [0.25, 0.3) is 5.56 Å². The van der Waals surface area contributed by atoms with E-state index in [2.05, 4.69) is 31.0 Å². The first-order chi connectivity index (χ1) is 10.0. The van der Waals surface area contributed by atoms with Gasteiger partial charge in [-0.25, -0.2) is 0 Å². The van der Waals surface area contributed by atoms with Gasteiger partial charge < -0.3 is 4.57 Å². The lowest BCUT2D eigenvalue weighted by atomic mass is 10.2. The van der Waals surface area contributed by atoms with E-state index in [9.17, 15) is 4.79 Å². The number of nitrogens with one attached hydrogen (secondary N) is 1. The average Bonchev–Trinajstić information content (AvgIpc) is 2.84. The molecule has 1 atom stereocenters. The molecule has 0 bridgehead atoms. The highest BCUT2D eigenvalue weighted by Gasteiger charge is 2.17. The second kappa shape index (κ2) is 6.39. The molecule has 5 nitrogen and oxygen atoms in total. The van der Waals surface area contributed by atoms with Crippen molar-refractivity contribution in [2.75, 3.05) is 0 Å². The van der Waals surface area contributed by atoms with Gasteiger partial charge >= 0.3 is 0 Å². The molecule has 0 aliphatic rings. The van der Waals surface area contributed by atoms with E-state index in [1.54, 1.807) is 4.57 Å². The molecular formula is C15H22N4OS. The second-order valence-corrected chi connectivity index (χ2v) is 5.71. The molecule has 2 rings (SSSR count). The molecule has 21 heavy (non-hydrogen) atoms. The summed E-state index contributed by atoms with van der Waals surface area (Å²) in [6, 6.07) is 4.00. The summed E-state index contributed by atoms with van der Waals surface area (Å²) in [5.41, 5.74) is 1.56. The van der Waals surface area contributed by atoms with Gasteiger partial charge in [0.15, 0.2) is 10.6 Å². The van der Waals surface area contributed by atoms with Crippen LogP contribution in [0.25, 0.3) is 11.4 Å². The molecule has 6 heteroatoms. The van der Waals surface area contributed by atoms with Gasteiger partial charge in [-0.3, -0.25) is 14.5 Å².